The van der Waals surface area contributed by atoms with E-state index in [-0.39, 0.29) is 11.7 Å². The molecule has 94 valence electrons. The largest absolute Gasteiger partial charge is 0.359 e. The van der Waals surface area contributed by atoms with E-state index in [1.807, 2.05) is 0 Å². The van der Waals surface area contributed by atoms with Gasteiger partial charge in [0, 0.05) is 13.1 Å². The Kier molecular flexibility index (Phi) is 10.4. The third kappa shape index (κ3) is 8.34. The summed E-state index contributed by atoms with van der Waals surface area (Å²) in [5.74, 6) is 0.330. The summed E-state index contributed by atoms with van der Waals surface area (Å²) in [5.41, 5.74) is 0. The summed E-state index contributed by atoms with van der Waals surface area (Å²) in [7, 11) is 0. The van der Waals surface area contributed by atoms with Gasteiger partial charge in [-0.05, 0) is 6.42 Å². The molecule has 3 nitrogen and oxygen atoms in total. The molecule has 0 aliphatic rings. The minimum absolute atomic E-state index is 0.0439. The van der Waals surface area contributed by atoms with Gasteiger partial charge in [0.1, 0.15) is 6.13 Å². The van der Waals surface area contributed by atoms with E-state index in [0.29, 0.717) is 6.54 Å². The van der Waals surface area contributed by atoms with Crippen LogP contribution >= 0.6 is 17.5 Å². The Balaban J connectivity index is 4.01. The number of carbonyl (C=O) groups excluding carboxylic acids is 1. The average Bonchev–Trinajstić information content (AvgIpc) is 2.25. The Bertz CT molecular complexity index is 249. The first-order valence-corrected chi connectivity index (χ1v) is 9.65. The lowest BCUT2D eigenvalue weighted by Gasteiger charge is -2.20. The van der Waals surface area contributed by atoms with Crippen molar-refractivity contribution in [3.8, 4) is 0 Å². The fourth-order valence-electron chi connectivity index (χ4n) is 1.24. The summed E-state index contributed by atoms with van der Waals surface area (Å²) in [6.07, 6.45) is 3.24. The minimum atomic E-state index is -1.78. The second kappa shape index (κ2) is 10.3. The Morgan fingerprint density at radius 2 is 2.31 bits per heavy atom. The number of hydrogen-bond donors (Lipinski definition) is 1. The molecule has 0 aromatic heterocycles. The predicted molar refractivity (Wildman–Crippen MR) is 76.7 cm³/mol. The van der Waals surface area contributed by atoms with Crippen molar-refractivity contribution in [1.29, 1.82) is 0 Å². The van der Waals surface area contributed by atoms with E-state index >= 15 is 0 Å². The molecule has 0 aliphatic heterocycles. The zero-order valence-electron chi connectivity index (χ0n) is 9.65. The lowest BCUT2D eigenvalue weighted by Crippen LogP contribution is -2.33. The Hall–Kier alpha value is 0.170. The molecule has 1 unspecified atom stereocenters. The monoisotopic (exact) mass is 281 g/mol. The number of carbonyl (C=O) groups is 1. The van der Waals surface area contributed by atoms with Gasteiger partial charge >= 0.3 is 0 Å². The van der Waals surface area contributed by atoms with Gasteiger partial charge in [-0.25, -0.2) is 0 Å². The number of hydrogen-bond acceptors (Lipinski definition) is 3. The van der Waals surface area contributed by atoms with Gasteiger partial charge < -0.3 is 9.79 Å². The molecule has 1 atom stereocenters. The molecule has 6 heteroatoms. The quantitative estimate of drug-likeness (QED) is 0.400. The van der Waals surface area contributed by atoms with Crippen LogP contribution < -0.4 is 0 Å². The highest BCUT2D eigenvalue weighted by Crippen LogP contribution is 2.32. The summed E-state index contributed by atoms with van der Waals surface area (Å²) in [4.78, 5) is 22.5. The molecule has 16 heavy (non-hydrogen) atoms. The van der Waals surface area contributed by atoms with Crippen molar-refractivity contribution in [3.63, 3.8) is 0 Å². The van der Waals surface area contributed by atoms with Crippen LogP contribution in [0.2, 0.25) is 0 Å². The predicted octanol–water partition coefficient (Wildman–Crippen LogP) is 2.42. The van der Waals surface area contributed by atoms with Crippen molar-refractivity contribution in [2.24, 2.45) is 0 Å². The molecule has 0 aromatic rings. The summed E-state index contributed by atoms with van der Waals surface area (Å²) in [6.45, 7) is 7.12. The minimum Gasteiger partial charge on any atom is -0.359 e. The fraction of sp³-hybridized carbons (Fsp3) is 0.700. The number of amides is 1. The molecular formula is C10H20NO2PS2. The van der Waals surface area contributed by atoms with Gasteiger partial charge in [-0.1, -0.05) is 49.0 Å². The Morgan fingerprint density at radius 3 is 2.81 bits per heavy atom. The van der Waals surface area contributed by atoms with Crippen LogP contribution in [-0.2, 0) is 16.6 Å². The topological polar surface area (TPSA) is 40.5 Å². The van der Waals surface area contributed by atoms with Gasteiger partial charge in [0.15, 0.2) is 0 Å². The maximum absolute atomic E-state index is 11.7. The maximum Gasteiger partial charge on any atom is 0.233 e. The van der Waals surface area contributed by atoms with Gasteiger partial charge in [0.25, 0.3) is 0 Å². The Morgan fingerprint density at radius 1 is 1.62 bits per heavy atom. The lowest BCUT2D eigenvalue weighted by atomic mass is 10.2. The summed E-state index contributed by atoms with van der Waals surface area (Å²) < 4.78 is 0. The normalized spacial score (nSPS) is 12.1. The molecule has 0 aromatic carbocycles. The van der Waals surface area contributed by atoms with Crippen LogP contribution in [0.5, 0.6) is 0 Å². The van der Waals surface area contributed by atoms with Gasteiger partial charge in [-0.2, -0.15) is 0 Å². The van der Waals surface area contributed by atoms with E-state index in [2.05, 4.69) is 25.3 Å². The molecule has 0 saturated carbocycles. The van der Waals surface area contributed by atoms with Gasteiger partial charge in [0.2, 0.25) is 5.91 Å². The van der Waals surface area contributed by atoms with Gasteiger partial charge in [-0.3, -0.25) is 4.79 Å². The van der Waals surface area contributed by atoms with E-state index in [1.54, 1.807) is 11.0 Å². The maximum atomic E-state index is 11.7. The van der Waals surface area contributed by atoms with Crippen LogP contribution in [0.25, 0.3) is 0 Å². The zero-order valence-corrected chi connectivity index (χ0v) is 12.3. The summed E-state index contributed by atoms with van der Waals surface area (Å²) >= 11 is 5.86. The highest BCUT2D eigenvalue weighted by Gasteiger charge is 2.11. The van der Waals surface area contributed by atoms with Crippen LogP contribution in [0, 0.1) is 0 Å². The third-order valence-electron chi connectivity index (χ3n) is 2.05. The summed E-state index contributed by atoms with van der Waals surface area (Å²) in [6, 6.07) is 0. The molecule has 0 spiro atoms. The van der Waals surface area contributed by atoms with Crippen molar-refractivity contribution in [2.75, 3.05) is 18.8 Å². The van der Waals surface area contributed by atoms with Crippen molar-refractivity contribution >= 4 is 35.2 Å². The van der Waals surface area contributed by atoms with Crippen LogP contribution in [-0.4, -0.2) is 34.5 Å². The molecule has 1 amide bonds. The standard InChI is InChI=1S/C10H20NO2PS2/c1-3-5-6-8-11(7-4-2)10(12)9-16-14(13)15/h4,14H,2-3,5-9H2,1H3,(H,13,15). The zero-order chi connectivity index (χ0) is 12.4. The van der Waals surface area contributed by atoms with E-state index in [0.717, 1.165) is 25.8 Å². The molecule has 0 radical (unpaired) electrons. The summed E-state index contributed by atoms with van der Waals surface area (Å²) in [5, 5.41) is 0. The van der Waals surface area contributed by atoms with Gasteiger partial charge in [0.05, 0.1) is 5.75 Å². The van der Waals surface area contributed by atoms with Crippen molar-refractivity contribution in [3.05, 3.63) is 12.7 Å². The van der Waals surface area contributed by atoms with Crippen molar-refractivity contribution < 1.29 is 9.69 Å². The second-order valence-electron chi connectivity index (χ2n) is 3.39. The van der Waals surface area contributed by atoms with E-state index in [4.69, 9.17) is 4.89 Å². The highest BCUT2D eigenvalue weighted by atomic mass is 32.9. The van der Waals surface area contributed by atoms with E-state index < -0.39 is 6.13 Å². The first kappa shape index (κ1) is 16.2. The third-order valence-corrected chi connectivity index (χ3v) is 4.93. The number of unbranched alkanes of at least 4 members (excludes halogenated alkanes) is 2. The molecule has 0 rings (SSSR count). The number of rotatable bonds is 9. The molecule has 0 fully saturated rings. The molecule has 0 saturated heterocycles. The molecule has 0 aliphatic carbocycles. The highest BCUT2D eigenvalue weighted by molar-refractivity contribution is 8.62. The van der Waals surface area contributed by atoms with Gasteiger partial charge in [-0.15, -0.1) is 6.58 Å². The van der Waals surface area contributed by atoms with E-state index in [1.165, 1.54) is 11.4 Å². The lowest BCUT2D eigenvalue weighted by molar-refractivity contribution is -0.127. The van der Waals surface area contributed by atoms with Crippen molar-refractivity contribution in [1.82, 2.24) is 4.90 Å². The van der Waals surface area contributed by atoms with Crippen LogP contribution in [0.15, 0.2) is 12.7 Å². The second-order valence-corrected chi connectivity index (χ2v) is 8.46. The Labute approximate surface area is 108 Å². The molecule has 0 heterocycles. The average molecular weight is 281 g/mol. The van der Waals surface area contributed by atoms with E-state index in [9.17, 15) is 4.79 Å². The number of nitrogens with zero attached hydrogens (tertiary/aromatic N) is 1. The molecule has 0 bridgehead atoms. The van der Waals surface area contributed by atoms with Crippen LogP contribution in [0.1, 0.15) is 26.2 Å². The van der Waals surface area contributed by atoms with Crippen LogP contribution in [0.4, 0.5) is 0 Å². The smallest absolute Gasteiger partial charge is 0.233 e. The molecule has 1 N–H and O–H groups in total. The molecular weight excluding hydrogens is 261 g/mol. The first-order chi connectivity index (χ1) is 7.61. The SMILES string of the molecule is C=CCN(CCCCC)C(=O)CS[PH](O)=S. The van der Waals surface area contributed by atoms with Crippen molar-refractivity contribution in [2.45, 2.75) is 26.2 Å². The fourth-order valence-corrected chi connectivity index (χ4v) is 2.94. The first-order valence-electron chi connectivity index (χ1n) is 5.36. The van der Waals surface area contributed by atoms with Crippen LogP contribution in [0.3, 0.4) is 0 Å².